The Labute approximate surface area is 192 Å². The van der Waals surface area contributed by atoms with Gasteiger partial charge in [-0.1, -0.05) is 23.7 Å². The van der Waals surface area contributed by atoms with Crippen LogP contribution in [-0.4, -0.2) is 30.0 Å². The van der Waals surface area contributed by atoms with Crippen molar-refractivity contribution in [2.24, 2.45) is 0 Å². The fourth-order valence-corrected chi connectivity index (χ4v) is 3.94. The number of carbonyl (C=O) groups is 2. The molecule has 0 aliphatic rings. The zero-order valence-electron chi connectivity index (χ0n) is 17.0. The Bertz CT molecular complexity index is 1130. The standard InChI is InChI=1S/C22H19ClN2O6S/c1-2-30-22(27)20-18(14-4-3-5-16(12-14)25(28)29)13-32-21(20)24-19(26)10-11-31-17-8-6-15(23)7-9-17/h3-9,12-13H,2,10-11H2,1H3,(H,24,26). The van der Waals surface area contributed by atoms with Crippen molar-refractivity contribution in [2.75, 3.05) is 18.5 Å². The minimum atomic E-state index is -0.622. The van der Waals surface area contributed by atoms with Gasteiger partial charge in [-0.3, -0.25) is 14.9 Å². The van der Waals surface area contributed by atoms with Crippen molar-refractivity contribution in [1.82, 2.24) is 0 Å². The van der Waals surface area contributed by atoms with Gasteiger partial charge in [0.05, 0.1) is 24.6 Å². The molecule has 0 spiro atoms. The van der Waals surface area contributed by atoms with Gasteiger partial charge in [0.2, 0.25) is 5.91 Å². The van der Waals surface area contributed by atoms with Crippen LogP contribution in [-0.2, 0) is 9.53 Å². The third-order valence-electron chi connectivity index (χ3n) is 4.30. The van der Waals surface area contributed by atoms with Crippen molar-refractivity contribution in [1.29, 1.82) is 0 Å². The number of nitro benzene ring substituents is 1. The van der Waals surface area contributed by atoms with Crippen LogP contribution in [0.15, 0.2) is 53.9 Å². The van der Waals surface area contributed by atoms with E-state index in [1.165, 1.54) is 18.2 Å². The van der Waals surface area contributed by atoms with E-state index in [1.54, 1.807) is 42.6 Å². The first-order valence-electron chi connectivity index (χ1n) is 9.60. The van der Waals surface area contributed by atoms with Crippen molar-refractivity contribution >= 4 is 45.5 Å². The van der Waals surface area contributed by atoms with Crippen molar-refractivity contribution in [3.63, 3.8) is 0 Å². The summed E-state index contributed by atoms with van der Waals surface area (Å²) in [6.07, 6.45) is 0.0505. The molecule has 0 unspecified atom stereocenters. The molecule has 0 radical (unpaired) electrons. The minimum absolute atomic E-state index is 0.0505. The summed E-state index contributed by atoms with van der Waals surface area (Å²) in [5.74, 6) is -0.390. The summed E-state index contributed by atoms with van der Waals surface area (Å²) >= 11 is 6.97. The van der Waals surface area contributed by atoms with Crippen molar-refractivity contribution in [2.45, 2.75) is 13.3 Å². The summed E-state index contributed by atoms with van der Waals surface area (Å²) in [5.41, 5.74) is 0.979. The molecule has 166 valence electrons. The number of anilines is 1. The van der Waals surface area contributed by atoms with Gasteiger partial charge in [0.25, 0.3) is 5.69 Å². The number of benzene rings is 2. The molecule has 2 aromatic carbocycles. The van der Waals surface area contributed by atoms with Gasteiger partial charge in [-0.05, 0) is 36.8 Å². The number of non-ortho nitro benzene ring substituents is 1. The molecule has 0 aliphatic heterocycles. The summed E-state index contributed by atoms with van der Waals surface area (Å²) in [6.45, 7) is 1.94. The van der Waals surface area contributed by atoms with Gasteiger partial charge < -0.3 is 14.8 Å². The molecule has 3 aromatic rings. The van der Waals surface area contributed by atoms with Gasteiger partial charge in [0, 0.05) is 28.1 Å². The van der Waals surface area contributed by atoms with Crippen LogP contribution >= 0.6 is 22.9 Å². The van der Waals surface area contributed by atoms with E-state index in [1.807, 2.05) is 0 Å². The number of ether oxygens (including phenoxy) is 2. The van der Waals surface area contributed by atoms with Gasteiger partial charge in [0.15, 0.2) is 0 Å². The lowest BCUT2D eigenvalue weighted by atomic mass is 10.0. The molecule has 8 nitrogen and oxygen atoms in total. The number of hydrogen-bond donors (Lipinski definition) is 1. The Morgan fingerprint density at radius 1 is 1.19 bits per heavy atom. The highest BCUT2D eigenvalue weighted by Gasteiger charge is 2.23. The molecule has 0 saturated heterocycles. The van der Waals surface area contributed by atoms with E-state index in [-0.39, 0.29) is 36.8 Å². The second-order valence-corrected chi connectivity index (χ2v) is 7.80. The second kappa shape index (κ2) is 10.7. The molecule has 0 atom stereocenters. The van der Waals surface area contributed by atoms with Gasteiger partial charge in [0.1, 0.15) is 16.3 Å². The van der Waals surface area contributed by atoms with Crippen LogP contribution in [0.5, 0.6) is 5.75 Å². The third kappa shape index (κ3) is 5.83. The fraction of sp³-hybridized carbons (Fsp3) is 0.182. The highest BCUT2D eigenvalue weighted by Crippen LogP contribution is 2.37. The molecule has 1 heterocycles. The molecule has 1 amide bonds. The quantitative estimate of drug-likeness (QED) is 0.247. The van der Waals surface area contributed by atoms with E-state index >= 15 is 0 Å². The Morgan fingerprint density at radius 3 is 2.62 bits per heavy atom. The number of nitro groups is 1. The maximum Gasteiger partial charge on any atom is 0.341 e. The zero-order chi connectivity index (χ0) is 23.1. The first-order chi connectivity index (χ1) is 15.4. The van der Waals surface area contributed by atoms with Gasteiger partial charge in [-0.25, -0.2) is 4.79 Å². The van der Waals surface area contributed by atoms with Gasteiger partial charge >= 0.3 is 5.97 Å². The summed E-state index contributed by atoms with van der Waals surface area (Å²) in [4.78, 5) is 35.6. The molecule has 0 bridgehead atoms. The van der Waals surface area contributed by atoms with E-state index in [9.17, 15) is 19.7 Å². The van der Waals surface area contributed by atoms with Crippen molar-refractivity contribution in [3.8, 4) is 16.9 Å². The fourth-order valence-electron chi connectivity index (χ4n) is 2.84. The Kier molecular flexibility index (Phi) is 7.80. The van der Waals surface area contributed by atoms with Crippen LogP contribution in [0.1, 0.15) is 23.7 Å². The number of nitrogens with zero attached hydrogens (tertiary/aromatic N) is 1. The molecule has 32 heavy (non-hydrogen) atoms. The number of rotatable bonds is 9. The minimum Gasteiger partial charge on any atom is -0.493 e. The monoisotopic (exact) mass is 474 g/mol. The van der Waals surface area contributed by atoms with Crippen molar-refractivity contribution < 1.29 is 24.0 Å². The van der Waals surface area contributed by atoms with E-state index < -0.39 is 10.9 Å². The zero-order valence-corrected chi connectivity index (χ0v) is 18.6. The summed E-state index contributed by atoms with van der Waals surface area (Å²) in [5, 5.41) is 16.4. The Hall–Kier alpha value is -3.43. The van der Waals surface area contributed by atoms with E-state index in [4.69, 9.17) is 21.1 Å². The molecule has 0 fully saturated rings. The van der Waals surface area contributed by atoms with Gasteiger partial charge in [-0.2, -0.15) is 0 Å². The summed E-state index contributed by atoms with van der Waals surface area (Å²) < 4.78 is 10.7. The number of hydrogen-bond acceptors (Lipinski definition) is 7. The molecule has 0 aliphatic carbocycles. The van der Waals surface area contributed by atoms with Crippen LogP contribution in [0.25, 0.3) is 11.1 Å². The largest absolute Gasteiger partial charge is 0.493 e. The molecular formula is C22H19ClN2O6S. The lowest BCUT2D eigenvalue weighted by Crippen LogP contribution is -2.17. The predicted octanol–water partition coefficient (Wildman–Crippen LogP) is 5.56. The van der Waals surface area contributed by atoms with Crippen LogP contribution in [0.2, 0.25) is 5.02 Å². The lowest BCUT2D eigenvalue weighted by molar-refractivity contribution is -0.384. The maximum absolute atomic E-state index is 12.6. The first-order valence-corrected chi connectivity index (χ1v) is 10.9. The number of esters is 1. The van der Waals surface area contributed by atoms with Crippen LogP contribution in [0.3, 0.4) is 0 Å². The van der Waals surface area contributed by atoms with Crippen LogP contribution in [0.4, 0.5) is 10.7 Å². The maximum atomic E-state index is 12.6. The van der Waals surface area contributed by atoms with Crippen LogP contribution in [0, 0.1) is 10.1 Å². The number of halogens is 1. The summed E-state index contributed by atoms with van der Waals surface area (Å²) in [6, 6.07) is 12.7. The number of carbonyl (C=O) groups excluding carboxylic acids is 2. The van der Waals surface area contributed by atoms with E-state index in [0.717, 1.165) is 11.3 Å². The average molecular weight is 475 g/mol. The van der Waals surface area contributed by atoms with E-state index in [2.05, 4.69) is 5.32 Å². The number of amides is 1. The topological polar surface area (TPSA) is 108 Å². The lowest BCUT2D eigenvalue weighted by Gasteiger charge is -2.09. The van der Waals surface area contributed by atoms with Crippen LogP contribution < -0.4 is 10.1 Å². The molecule has 10 heteroatoms. The SMILES string of the molecule is CCOC(=O)c1c(-c2cccc([N+](=O)[O-])c2)csc1NC(=O)CCOc1ccc(Cl)cc1. The average Bonchev–Trinajstić information content (AvgIpc) is 3.19. The number of thiophene rings is 1. The molecule has 3 rings (SSSR count). The Balaban J connectivity index is 1.76. The molecule has 1 aromatic heterocycles. The molecule has 1 N–H and O–H groups in total. The third-order valence-corrected chi connectivity index (χ3v) is 5.45. The second-order valence-electron chi connectivity index (χ2n) is 6.48. The normalized spacial score (nSPS) is 10.4. The number of nitrogens with one attached hydrogen (secondary N) is 1. The predicted molar refractivity (Wildman–Crippen MR) is 123 cm³/mol. The highest BCUT2D eigenvalue weighted by atomic mass is 35.5. The molecule has 0 saturated carbocycles. The Morgan fingerprint density at radius 2 is 1.94 bits per heavy atom. The van der Waals surface area contributed by atoms with E-state index in [0.29, 0.717) is 26.9 Å². The highest BCUT2D eigenvalue weighted by molar-refractivity contribution is 7.15. The smallest absolute Gasteiger partial charge is 0.341 e. The van der Waals surface area contributed by atoms with Crippen molar-refractivity contribution in [3.05, 3.63) is 74.6 Å². The molecular weight excluding hydrogens is 456 g/mol. The van der Waals surface area contributed by atoms with Gasteiger partial charge in [-0.15, -0.1) is 11.3 Å². The first kappa shape index (κ1) is 23.2. The summed E-state index contributed by atoms with van der Waals surface area (Å²) in [7, 11) is 0.